The zero-order valence-corrected chi connectivity index (χ0v) is 71.4. The smallest absolute Gasteiger partial charge is 0.243 e. The van der Waals surface area contributed by atoms with Gasteiger partial charge in [0.2, 0.25) is 29.5 Å². The molecule has 0 radical (unpaired) electrons. The highest BCUT2D eigenvalue weighted by Crippen LogP contribution is 2.31. The van der Waals surface area contributed by atoms with E-state index in [9.17, 15) is 24.0 Å². The average Bonchev–Trinajstić information content (AvgIpc) is 0.813. The number of piperazine rings is 1. The second-order valence-corrected chi connectivity index (χ2v) is 35.8. The van der Waals surface area contributed by atoms with Gasteiger partial charge < -0.3 is 91.5 Å². The fraction of sp³-hybridized carbons (Fsp3) is 0.864. The van der Waals surface area contributed by atoms with Crippen LogP contribution >= 0.6 is 0 Å². The molecule has 0 atom stereocenters. The van der Waals surface area contributed by atoms with Crippen LogP contribution in [0.4, 0.5) is 0 Å². The Morgan fingerprint density at radius 3 is 1.20 bits per heavy atom. The van der Waals surface area contributed by atoms with Crippen LogP contribution in [0.25, 0.3) is 0 Å². The molecule has 24 nitrogen and oxygen atoms in total. The number of hydrogen-bond donors (Lipinski definition) is 7. The zero-order valence-electron chi connectivity index (χ0n) is 71.4. The monoisotopic (exact) mass is 1480 g/mol. The van der Waals surface area contributed by atoms with E-state index in [0.29, 0.717) is 54.6 Å². The van der Waals surface area contributed by atoms with Gasteiger partial charge in [0.05, 0.1) is 0 Å². The number of nitrogens with one attached hydrogen (secondary N) is 6. The van der Waals surface area contributed by atoms with Crippen LogP contribution in [0.5, 0.6) is 0 Å². The number of carbonyl (C=O) groups excluding carboxylic acids is 5. The molecule has 7 saturated heterocycles. The van der Waals surface area contributed by atoms with Crippen molar-refractivity contribution in [1.29, 1.82) is 0 Å². The summed E-state index contributed by atoms with van der Waals surface area (Å²) in [5.74, 6) is 0.853. The van der Waals surface area contributed by atoms with Crippen LogP contribution in [-0.2, 0) is 30.5 Å². The summed E-state index contributed by atoms with van der Waals surface area (Å²) in [6, 6.07) is 12.6. The summed E-state index contributed by atoms with van der Waals surface area (Å²) in [6.07, 6.45) is 12.0. The quantitative estimate of drug-likeness (QED) is 0.0666. The number of amides is 5. The normalized spacial score (nSPS) is 21.6. The van der Waals surface area contributed by atoms with Gasteiger partial charge in [-0.25, -0.2) is 0 Å². The fourth-order valence-corrected chi connectivity index (χ4v) is 16.6. The molecule has 7 aliphatic heterocycles. The van der Waals surface area contributed by atoms with E-state index in [-0.39, 0.29) is 39.8 Å². The number of nitrogens with two attached hydrogens (primary N) is 1. The van der Waals surface area contributed by atoms with Gasteiger partial charge in [-0.1, -0.05) is 44.2 Å². The molecule has 7 heterocycles. The van der Waals surface area contributed by atoms with E-state index in [1.54, 1.807) is 0 Å². The van der Waals surface area contributed by atoms with E-state index in [1.165, 1.54) is 5.56 Å². The third-order valence-electron chi connectivity index (χ3n) is 22.5. The lowest BCUT2D eigenvalue weighted by atomic mass is 9.84. The number of primary amides is 1. The van der Waals surface area contributed by atoms with E-state index in [1.807, 2.05) is 37.7 Å². The zero-order chi connectivity index (χ0) is 78.7. The molecular formula is C81H159N19O5. The van der Waals surface area contributed by atoms with Crippen molar-refractivity contribution in [3.8, 4) is 0 Å². The van der Waals surface area contributed by atoms with Gasteiger partial charge in [0.15, 0.2) is 0 Å². The first-order valence-electron chi connectivity index (χ1n) is 40.6. The minimum atomic E-state index is -0.472. The summed E-state index contributed by atoms with van der Waals surface area (Å²) in [5, 5.41) is 20.9. The predicted molar refractivity (Wildman–Crippen MR) is 436 cm³/mol. The van der Waals surface area contributed by atoms with Crippen LogP contribution in [0.2, 0.25) is 0 Å². The number of likely N-dealkylation sites (tertiary alicyclic amines) is 6. The van der Waals surface area contributed by atoms with Crippen molar-refractivity contribution in [2.45, 2.75) is 237 Å². The lowest BCUT2D eigenvalue weighted by Crippen LogP contribution is -2.65. The van der Waals surface area contributed by atoms with Gasteiger partial charge >= 0.3 is 0 Å². The largest absolute Gasteiger partial charge is 0.368 e. The molecule has 7 aliphatic rings. The molecule has 7 fully saturated rings. The molecule has 0 spiro atoms. The molecule has 5 amide bonds. The lowest BCUT2D eigenvalue weighted by molar-refractivity contribution is -0.143. The summed E-state index contributed by atoms with van der Waals surface area (Å²) in [4.78, 5) is 90.7. The molecule has 0 aliphatic carbocycles. The Hall–Kier alpha value is -3.99. The van der Waals surface area contributed by atoms with Crippen molar-refractivity contribution in [3.05, 3.63) is 35.9 Å². The summed E-state index contributed by atoms with van der Waals surface area (Å²) in [6.45, 7) is 45.5. The molecule has 608 valence electrons. The van der Waals surface area contributed by atoms with Crippen molar-refractivity contribution >= 4 is 29.5 Å². The SMILES string of the molecule is CC(C)NC1(C(=O)N(C)C2CCN(C)CC2)CCN(C)CC1.CC(C)NC1(C(=O)N(C)CCCN(C)C)CCN(C)CC1.CC(C)NC1(C(=O)N2CCN(Cc3ccccc3)CC2)CCN(C)CC1.CC(C)NC1(C(=O)NCC(C)(C)CN(C)C)CCN(C)CC1.CC(C)NC1(C(N)=O)CCN(C)CC1. The number of hydrogen-bond acceptors (Lipinski definition) is 19. The van der Waals surface area contributed by atoms with E-state index in [0.717, 1.165) is 214 Å². The lowest BCUT2D eigenvalue weighted by Gasteiger charge is -2.45. The second-order valence-electron chi connectivity index (χ2n) is 35.8. The number of nitrogens with zero attached hydrogens (tertiary/aromatic N) is 12. The Balaban J connectivity index is 0.000000281. The second kappa shape index (κ2) is 44.2. The van der Waals surface area contributed by atoms with E-state index in [4.69, 9.17) is 5.73 Å². The number of rotatable bonds is 26. The van der Waals surface area contributed by atoms with E-state index >= 15 is 0 Å². The average molecular weight is 1480 g/mol. The number of piperidine rings is 6. The predicted octanol–water partition coefficient (Wildman–Crippen LogP) is 4.74. The molecule has 8 N–H and O–H groups in total. The van der Waals surface area contributed by atoms with Crippen LogP contribution in [0.15, 0.2) is 30.3 Å². The molecule has 1 aromatic carbocycles. The molecule has 8 rings (SSSR count). The summed E-state index contributed by atoms with van der Waals surface area (Å²) < 4.78 is 0. The third kappa shape index (κ3) is 31.0. The first-order chi connectivity index (χ1) is 49.1. The van der Waals surface area contributed by atoms with Crippen LogP contribution in [0.1, 0.15) is 172 Å². The van der Waals surface area contributed by atoms with E-state index < -0.39 is 11.1 Å². The van der Waals surface area contributed by atoms with Gasteiger partial charge in [-0.2, -0.15) is 0 Å². The number of benzene rings is 1. The Bertz CT molecular complexity index is 2640. The van der Waals surface area contributed by atoms with Gasteiger partial charge in [0.1, 0.15) is 27.7 Å². The molecule has 0 aromatic heterocycles. The van der Waals surface area contributed by atoms with Gasteiger partial charge in [-0.3, -0.25) is 28.9 Å². The molecule has 0 saturated carbocycles. The van der Waals surface area contributed by atoms with Crippen LogP contribution in [0, 0.1) is 5.41 Å². The Morgan fingerprint density at radius 2 is 0.810 bits per heavy atom. The Kier molecular flexibility index (Phi) is 39.3. The van der Waals surface area contributed by atoms with Crippen molar-refractivity contribution in [3.63, 3.8) is 0 Å². The highest BCUT2D eigenvalue weighted by Gasteiger charge is 2.48. The fourth-order valence-electron chi connectivity index (χ4n) is 16.6. The third-order valence-corrected chi connectivity index (χ3v) is 22.5. The first kappa shape index (κ1) is 93.4. The highest BCUT2D eigenvalue weighted by atomic mass is 16.2. The summed E-state index contributed by atoms with van der Waals surface area (Å²) >= 11 is 0. The minimum absolute atomic E-state index is 0.0731. The first-order valence-corrected chi connectivity index (χ1v) is 40.6. The van der Waals surface area contributed by atoms with Crippen molar-refractivity contribution in [2.24, 2.45) is 11.1 Å². The maximum absolute atomic E-state index is 13.4. The maximum Gasteiger partial charge on any atom is 0.243 e. The van der Waals surface area contributed by atoms with E-state index in [2.05, 4.69) is 251 Å². The number of carbonyl (C=O) groups is 5. The highest BCUT2D eigenvalue weighted by molar-refractivity contribution is 5.88. The van der Waals surface area contributed by atoms with Crippen LogP contribution in [-0.4, -0.2) is 368 Å². The maximum atomic E-state index is 13.4. The summed E-state index contributed by atoms with van der Waals surface area (Å²) in [7, 11) is 25.0. The molecule has 0 bridgehead atoms. The standard InChI is InChI=1S/C21H34N4O.C17H34N4O.C17H36N4O.C16H34N4O.C10H21N3O/c1-18(2)22-21(9-11-23(3)12-10-21)20(26)25-15-13-24(14-16-25)17-19-7-5-4-6-8-19;1-14(2)18-17(8-12-20(4)13-9-17)16(22)21(5)15-6-10-19(3)11-7-15;1-14(2)19-17(8-10-21(7)11-9-17)15(22)18-12-16(3,4)13-20(5)6;1-14(2)17-16(8-12-19(5)13-9-16)15(21)20(6)11-7-10-18(3)4;1-8(2)12-10(9(11)14)4-6-13(3)7-5-10/h4-8,18,22H,9-17H2,1-3H3;14-15,18H,6-13H2,1-5H3;14,19H,8-13H2,1-7H3,(H,18,22);14,17H,7-13H2,1-6H3;8,12H,4-7H2,1-3H3,(H2,11,14). The van der Waals surface area contributed by atoms with Crippen LogP contribution in [0.3, 0.4) is 0 Å². The van der Waals surface area contributed by atoms with Crippen molar-refractivity contribution in [2.75, 3.05) is 215 Å². The van der Waals surface area contributed by atoms with Crippen molar-refractivity contribution < 1.29 is 24.0 Å². The topological polar surface area (TPSA) is 222 Å². The van der Waals surface area contributed by atoms with Gasteiger partial charge in [-0.15, -0.1) is 0 Å². The van der Waals surface area contributed by atoms with Gasteiger partial charge in [0.25, 0.3) is 0 Å². The number of likely N-dealkylation sites (N-methyl/N-ethyl adjacent to an activating group) is 2. The molecule has 24 heteroatoms. The molecular weight excluding hydrogens is 1320 g/mol. The molecule has 0 unspecified atom stereocenters. The summed E-state index contributed by atoms with van der Waals surface area (Å²) in [5.41, 5.74) is 4.91. The van der Waals surface area contributed by atoms with Gasteiger partial charge in [-0.05, 0) is 254 Å². The molecule has 105 heavy (non-hydrogen) atoms. The van der Waals surface area contributed by atoms with Crippen molar-refractivity contribution in [1.82, 2.24) is 90.7 Å². The molecule has 1 aromatic rings. The Morgan fingerprint density at radius 1 is 0.457 bits per heavy atom. The van der Waals surface area contributed by atoms with Crippen LogP contribution < -0.4 is 37.6 Å². The van der Waals surface area contributed by atoms with Gasteiger partial charge in [0, 0.05) is 168 Å². The Labute approximate surface area is 640 Å². The minimum Gasteiger partial charge on any atom is -0.368 e.